The van der Waals surface area contributed by atoms with E-state index in [0.29, 0.717) is 5.92 Å². The van der Waals surface area contributed by atoms with Gasteiger partial charge in [-0.3, -0.25) is 0 Å². The van der Waals surface area contributed by atoms with Crippen molar-refractivity contribution in [2.75, 3.05) is 13.2 Å². The highest BCUT2D eigenvalue weighted by molar-refractivity contribution is 5.49. The molecule has 1 aromatic rings. The fourth-order valence-corrected chi connectivity index (χ4v) is 2.67. The monoisotopic (exact) mass is 259 g/mol. The Morgan fingerprint density at radius 2 is 2.05 bits per heavy atom. The van der Waals surface area contributed by atoms with Gasteiger partial charge < -0.3 is 4.74 Å². The maximum Gasteiger partial charge on any atom is 0.0822 e. The van der Waals surface area contributed by atoms with Crippen LogP contribution in [-0.4, -0.2) is 19.3 Å². The van der Waals surface area contributed by atoms with Crippen LogP contribution in [0.4, 0.5) is 0 Å². The van der Waals surface area contributed by atoms with Crippen LogP contribution in [0.15, 0.2) is 36.4 Å². The lowest BCUT2D eigenvalue weighted by Gasteiger charge is -2.21. The van der Waals surface area contributed by atoms with Crippen molar-refractivity contribution in [3.05, 3.63) is 42.0 Å². The molecule has 2 unspecified atom stereocenters. The van der Waals surface area contributed by atoms with Crippen LogP contribution in [0, 0.1) is 5.92 Å². The SMILES string of the molecule is [O]CCCC1CCCCOC1C=Cc1ccccc1. The first-order chi connectivity index (χ1) is 9.40. The summed E-state index contributed by atoms with van der Waals surface area (Å²) in [6.45, 7) is 0.878. The van der Waals surface area contributed by atoms with Crippen LogP contribution in [0.5, 0.6) is 0 Å². The quantitative estimate of drug-likeness (QED) is 0.782. The Bertz CT molecular complexity index is 372. The lowest BCUT2D eigenvalue weighted by atomic mass is 9.91. The zero-order chi connectivity index (χ0) is 13.3. The summed E-state index contributed by atoms with van der Waals surface area (Å²) in [5.74, 6) is 0.511. The summed E-state index contributed by atoms with van der Waals surface area (Å²) in [7, 11) is 0. The maximum atomic E-state index is 10.7. The molecule has 1 aromatic carbocycles. The van der Waals surface area contributed by atoms with E-state index in [4.69, 9.17) is 4.74 Å². The van der Waals surface area contributed by atoms with Gasteiger partial charge in [-0.15, -0.1) is 0 Å². The number of hydrogen-bond donors (Lipinski definition) is 0. The minimum Gasteiger partial charge on any atom is -0.374 e. The van der Waals surface area contributed by atoms with Gasteiger partial charge in [-0.1, -0.05) is 48.9 Å². The highest BCUT2D eigenvalue weighted by atomic mass is 16.5. The third-order valence-electron chi connectivity index (χ3n) is 3.74. The number of rotatable bonds is 5. The summed E-state index contributed by atoms with van der Waals surface area (Å²) in [4.78, 5) is 0. The van der Waals surface area contributed by atoms with E-state index in [-0.39, 0.29) is 12.7 Å². The van der Waals surface area contributed by atoms with E-state index in [1.807, 2.05) is 18.2 Å². The topological polar surface area (TPSA) is 29.1 Å². The van der Waals surface area contributed by atoms with Crippen LogP contribution in [0.1, 0.15) is 37.7 Å². The van der Waals surface area contributed by atoms with E-state index < -0.39 is 0 Å². The Kier molecular flexibility index (Phi) is 6.12. The Morgan fingerprint density at radius 1 is 1.21 bits per heavy atom. The van der Waals surface area contributed by atoms with Gasteiger partial charge in [0, 0.05) is 6.61 Å². The van der Waals surface area contributed by atoms with Gasteiger partial charge in [0.1, 0.15) is 0 Å². The first kappa shape index (κ1) is 14.3. The molecule has 0 saturated carbocycles. The summed E-state index contributed by atoms with van der Waals surface area (Å²) >= 11 is 0. The van der Waals surface area contributed by atoms with Crippen molar-refractivity contribution in [2.24, 2.45) is 5.92 Å². The zero-order valence-electron chi connectivity index (χ0n) is 11.5. The largest absolute Gasteiger partial charge is 0.374 e. The van der Waals surface area contributed by atoms with Crippen LogP contribution < -0.4 is 0 Å². The second-order valence-electron chi connectivity index (χ2n) is 5.21. The third kappa shape index (κ3) is 4.81. The van der Waals surface area contributed by atoms with E-state index in [1.54, 1.807) is 0 Å². The lowest BCUT2D eigenvalue weighted by molar-refractivity contribution is 0.0529. The van der Waals surface area contributed by atoms with Gasteiger partial charge in [-0.05, 0) is 37.2 Å². The summed E-state index contributed by atoms with van der Waals surface area (Å²) < 4.78 is 5.95. The highest BCUT2D eigenvalue weighted by Crippen LogP contribution is 2.26. The minimum absolute atomic E-state index is 0.0334. The predicted molar refractivity (Wildman–Crippen MR) is 77.3 cm³/mol. The standard InChI is InChI=1S/C17H23O2/c18-13-6-10-16-9-4-5-14-19-17(16)12-11-15-7-2-1-3-8-15/h1-3,7-8,11-12,16-17H,4-6,9-10,13-14H2. The maximum absolute atomic E-state index is 10.7. The molecule has 1 aliphatic heterocycles. The molecular formula is C17H23O2. The van der Waals surface area contributed by atoms with Gasteiger partial charge in [0.15, 0.2) is 0 Å². The molecule has 1 saturated heterocycles. The third-order valence-corrected chi connectivity index (χ3v) is 3.74. The second kappa shape index (κ2) is 8.13. The molecule has 103 valence electrons. The second-order valence-corrected chi connectivity index (χ2v) is 5.21. The van der Waals surface area contributed by atoms with Gasteiger partial charge in [0.2, 0.25) is 0 Å². The summed E-state index contributed by atoms with van der Waals surface area (Å²) in [6.07, 6.45) is 9.80. The molecule has 0 aliphatic carbocycles. The van der Waals surface area contributed by atoms with Gasteiger partial charge in [-0.2, -0.15) is 0 Å². The minimum atomic E-state index is 0.0334. The van der Waals surface area contributed by atoms with Crippen molar-refractivity contribution < 1.29 is 9.84 Å². The molecule has 2 rings (SSSR count). The molecule has 2 atom stereocenters. The fraction of sp³-hybridized carbons (Fsp3) is 0.529. The normalized spacial score (nSPS) is 24.5. The Balaban J connectivity index is 1.99. The first-order valence-corrected chi connectivity index (χ1v) is 7.33. The Labute approximate surface area is 116 Å². The molecule has 2 nitrogen and oxygen atoms in total. The van der Waals surface area contributed by atoms with Crippen molar-refractivity contribution in [3.63, 3.8) is 0 Å². The summed E-state index contributed by atoms with van der Waals surface area (Å²) in [5.41, 5.74) is 1.21. The van der Waals surface area contributed by atoms with Crippen LogP contribution in [0.25, 0.3) is 6.08 Å². The van der Waals surface area contributed by atoms with Crippen LogP contribution in [0.3, 0.4) is 0 Å². The molecular weight excluding hydrogens is 236 g/mol. The first-order valence-electron chi connectivity index (χ1n) is 7.33. The van der Waals surface area contributed by atoms with Crippen molar-refractivity contribution in [1.82, 2.24) is 0 Å². The zero-order valence-corrected chi connectivity index (χ0v) is 11.5. The predicted octanol–water partition coefficient (Wildman–Crippen LogP) is 4.10. The highest BCUT2D eigenvalue weighted by Gasteiger charge is 2.21. The summed E-state index contributed by atoms with van der Waals surface area (Å²) in [6, 6.07) is 10.3. The molecule has 19 heavy (non-hydrogen) atoms. The lowest BCUT2D eigenvalue weighted by Crippen LogP contribution is -2.20. The van der Waals surface area contributed by atoms with E-state index in [0.717, 1.165) is 25.9 Å². The van der Waals surface area contributed by atoms with Crippen molar-refractivity contribution in [3.8, 4) is 0 Å². The Morgan fingerprint density at radius 3 is 2.84 bits per heavy atom. The molecule has 0 N–H and O–H groups in total. The molecule has 1 aliphatic rings. The van der Waals surface area contributed by atoms with E-state index in [2.05, 4.69) is 24.3 Å². The van der Waals surface area contributed by atoms with E-state index in [1.165, 1.54) is 18.4 Å². The average molecular weight is 259 g/mol. The van der Waals surface area contributed by atoms with E-state index in [9.17, 15) is 5.11 Å². The number of hydrogen-bond acceptors (Lipinski definition) is 1. The van der Waals surface area contributed by atoms with Gasteiger partial charge in [-0.25, -0.2) is 5.11 Å². The smallest absolute Gasteiger partial charge is 0.0822 e. The number of ether oxygens (including phenoxy) is 1. The molecule has 0 bridgehead atoms. The van der Waals surface area contributed by atoms with Gasteiger partial charge in [0.05, 0.1) is 12.7 Å². The van der Waals surface area contributed by atoms with Crippen LogP contribution >= 0.6 is 0 Å². The summed E-state index contributed by atoms with van der Waals surface area (Å²) in [5, 5.41) is 10.7. The molecule has 1 radical (unpaired) electrons. The van der Waals surface area contributed by atoms with Gasteiger partial charge >= 0.3 is 0 Å². The van der Waals surface area contributed by atoms with Crippen molar-refractivity contribution >= 4 is 6.08 Å². The van der Waals surface area contributed by atoms with Crippen LogP contribution in [-0.2, 0) is 9.84 Å². The molecule has 1 fully saturated rings. The van der Waals surface area contributed by atoms with Crippen molar-refractivity contribution in [1.29, 1.82) is 0 Å². The number of benzene rings is 1. The van der Waals surface area contributed by atoms with E-state index >= 15 is 0 Å². The molecule has 1 heterocycles. The van der Waals surface area contributed by atoms with Crippen molar-refractivity contribution in [2.45, 2.75) is 38.2 Å². The molecule has 2 heteroatoms. The Hall–Kier alpha value is -1.12. The molecule has 0 spiro atoms. The van der Waals surface area contributed by atoms with Gasteiger partial charge in [0.25, 0.3) is 0 Å². The average Bonchev–Trinajstić information content (AvgIpc) is 2.69. The molecule has 0 amide bonds. The van der Waals surface area contributed by atoms with Crippen LogP contribution in [0.2, 0.25) is 0 Å². The fourth-order valence-electron chi connectivity index (χ4n) is 2.67. The molecule has 0 aromatic heterocycles.